The number of fused-ring (bicyclic) bond motifs is 1. The molecule has 0 radical (unpaired) electrons. The Morgan fingerprint density at radius 3 is 2.74 bits per heavy atom. The van der Waals surface area contributed by atoms with Gasteiger partial charge in [-0.15, -0.1) is 0 Å². The number of carbonyl (C=O) groups is 2. The third-order valence-corrected chi connectivity index (χ3v) is 5.11. The molecule has 2 aromatic rings. The largest absolute Gasteiger partial charge is 0.494 e. The van der Waals surface area contributed by atoms with Gasteiger partial charge in [-0.3, -0.25) is 9.59 Å². The molecular formula is C22H24N2O3. The van der Waals surface area contributed by atoms with Gasteiger partial charge in [-0.2, -0.15) is 0 Å². The lowest BCUT2D eigenvalue weighted by Crippen LogP contribution is -2.35. The third-order valence-electron chi connectivity index (χ3n) is 5.11. The molecule has 0 spiro atoms. The smallest absolute Gasteiger partial charge is 0.251 e. The minimum absolute atomic E-state index is 0.0406. The Kier molecular flexibility index (Phi) is 4.60. The van der Waals surface area contributed by atoms with Crippen molar-refractivity contribution in [2.75, 3.05) is 18.1 Å². The van der Waals surface area contributed by atoms with Crippen LogP contribution in [0.1, 0.15) is 51.6 Å². The van der Waals surface area contributed by atoms with E-state index >= 15 is 0 Å². The molecule has 2 aliphatic rings. The van der Waals surface area contributed by atoms with E-state index in [4.69, 9.17) is 4.74 Å². The summed E-state index contributed by atoms with van der Waals surface area (Å²) in [4.78, 5) is 27.1. The first-order valence-corrected chi connectivity index (χ1v) is 9.50. The van der Waals surface area contributed by atoms with Crippen molar-refractivity contribution in [2.45, 2.75) is 39.3 Å². The molecule has 1 aliphatic heterocycles. The Hall–Kier alpha value is -2.82. The van der Waals surface area contributed by atoms with Crippen molar-refractivity contribution < 1.29 is 14.3 Å². The molecule has 1 amide bonds. The number of nitrogens with one attached hydrogen (secondary N) is 1. The number of rotatable bonds is 5. The van der Waals surface area contributed by atoms with Gasteiger partial charge in [0, 0.05) is 29.4 Å². The molecular weight excluding hydrogens is 340 g/mol. The summed E-state index contributed by atoms with van der Waals surface area (Å²) in [5.74, 6) is 0.827. The van der Waals surface area contributed by atoms with Crippen LogP contribution in [-0.4, -0.2) is 30.9 Å². The van der Waals surface area contributed by atoms with Crippen molar-refractivity contribution in [1.82, 2.24) is 5.32 Å². The molecule has 0 aromatic heterocycles. The molecule has 2 aromatic carbocycles. The molecule has 0 bridgehead atoms. The monoisotopic (exact) mass is 364 g/mol. The van der Waals surface area contributed by atoms with Crippen LogP contribution in [0.2, 0.25) is 0 Å². The molecule has 1 N–H and O–H groups in total. The molecule has 0 unspecified atom stereocenters. The van der Waals surface area contributed by atoms with Gasteiger partial charge in [0.2, 0.25) is 0 Å². The average molecular weight is 364 g/mol. The number of nitrogens with zero attached hydrogens (tertiary/aromatic N) is 1. The lowest BCUT2D eigenvalue weighted by molar-refractivity contribution is 0.0950. The second-order valence-electron chi connectivity index (χ2n) is 7.28. The number of anilines is 1. The van der Waals surface area contributed by atoms with Crippen LogP contribution in [0, 0.1) is 6.92 Å². The van der Waals surface area contributed by atoms with E-state index in [0.717, 1.165) is 41.0 Å². The zero-order valence-corrected chi connectivity index (χ0v) is 15.7. The van der Waals surface area contributed by atoms with Crippen LogP contribution < -0.4 is 15.0 Å². The van der Waals surface area contributed by atoms with Crippen molar-refractivity contribution in [3.05, 3.63) is 58.7 Å². The van der Waals surface area contributed by atoms with Gasteiger partial charge in [0.25, 0.3) is 5.91 Å². The second-order valence-corrected chi connectivity index (χ2v) is 7.28. The third kappa shape index (κ3) is 3.68. The predicted octanol–water partition coefficient (Wildman–Crippen LogP) is 3.49. The summed E-state index contributed by atoms with van der Waals surface area (Å²) in [7, 11) is 0. The number of ether oxygens (including phenoxy) is 1. The lowest BCUT2D eigenvalue weighted by Gasteiger charge is -2.31. The van der Waals surface area contributed by atoms with Crippen LogP contribution in [0.25, 0.3) is 0 Å². The molecule has 5 heteroatoms. The SMILES string of the molecule is CCOc1ccc2c(c1)CN(c1cc(C(=O)NC3CC3)ccc1C)CC2=O. The fourth-order valence-electron chi connectivity index (χ4n) is 3.51. The Morgan fingerprint density at radius 1 is 1.19 bits per heavy atom. The number of carbonyl (C=O) groups excluding carboxylic acids is 2. The molecule has 27 heavy (non-hydrogen) atoms. The quantitative estimate of drug-likeness (QED) is 0.882. The summed E-state index contributed by atoms with van der Waals surface area (Å²) in [6.45, 7) is 5.48. The number of hydrogen-bond donors (Lipinski definition) is 1. The average Bonchev–Trinajstić information content (AvgIpc) is 3.46. The Labute approximate surface area is 159 Å². The predicted molar refractivity (Wildman–Crippen MR) is 105 cm³/mol. The van der Waals surface area contributed by atoms with Gasteiger partial charge in [-0.05, 0) is 68.1 Å². The van der Waals surface area contributed by atoms with Crippen molar-refractivity contribution in [1.29, 1.82) is 0 Å². The Balaban J connectivity index is 1.62. The van der Waals surface area contributed by atoms with E-state index in [1.165, 1.54) is 0 Å². The van der Waals surface area contributed by atoms with E-state index in [1.807, 2.05) is 55.1 Å². The van der Waals surface area contributed by atoms with Gasteiger partial charge in [0.15, 0.2) is 5.78 Å². The molecule has 1 fully saturated rings. The number of aryl methyl sites for hydroxylation is 1. The molecule has 4 rings (SSSR count). The highest BCUT2D eigenvalue weighted by atomic mass is 16.5. The number of benzene rings is 2. The van der Waals surface area contributed by atoms with Crippen LogP contribution in [0.5, 0.6) is 5.75 Å². The molecule has 0 saturated heterocycles. The van der Waals surface area contributed by atoms with E-state index in [9.17, 15) is 9.59 Å². The van der Waals surface area contributed by atoms with Crippen LogP contribution in [0.15, 0.2) is 36.4 Å². The zero-order valence-electron chi connectivity index (χ0n) is 15.7. The van der Waals surface area contributed by atoms with E-state index in [1.54, 1.807) is 0 Å². The number of hydrogen-bond acceptors (Lipinski definition) is 4. The summed E-state index contributed by atoms with van der Waals surface area (Å²) >= 11 is 0. The summed E-state index contributed by atoms with van der Waals surface area (Å²) in [5, 5.41) is 3.02. The van der Waals surface area contributed by atoms with Gasteiger partial charge in [-0.25, -0.2) is 0 Å². The van der Waals surface area contributed by atoms with Crippen LogP contribution in [0.3, 0.4) is 0 Å². The van der Waals surface area contributed by atoms with E-state index in [2.05, 4.69) is 5.32 Å². The van der Waals surface area contributed by atoms with Crippen molar-refractivity contribution in [3.8, 4) is 5.75 Å². The Morgan fingerprint density at radius 2 is 2.00 bits per heavy atom. The number of Topliss-reactive ketones (excluding diaryl/α,β-unsaturated/α-hetero) is 1. The second kappa shape index (κ2) is 7.06. The molecule has 1 aliphatic carbocycles. The van der Waals surface area contributed by atoms with Crippen molar-refractivity contribution >= 4 is 17.4 Å². The maximum Gasteiger partial charge on any atom is 0.251 e. The standard InChI is InChI=1S/C22H24N2O3/c1-3-27-18-8-9-19-16(10-18)12-24(13-21(19)25)20-11-15(5-4-14(20)2)22(26)23-17-6-7-17/h4-5,8-11,17H,3,6-7,12-13H2,1-2H3,(H,23,26). The van der Waals surface area contributed by atoms with E-state index in [-0.39, 0.29) is 11.7 Å². The number of amides is 1. The molecule has 140 valence electrons. The minimum atomic E-state index is -0.0406. The summed E-state index contributed by atoms with van der Waals surface area (Å²) in [6.07, 6.45) is 2.12. The van der Waals surface area contributed by atoms with Crippen LogP contribution >= 0.6 is 0 Å². The van der Waals surface area contributed by atoms with Crippen LogP contribution in [-0.2, 0) is 6.54 Å². The van der Waals surface area contributed by atoms with Crippen molar-refractivity contribution in [3.63, 3.8) is 0 Å². The summed E-state index contributed by atoms with van der Waals surface area (Å²) in [6, 6.07) is 11.7. The minimum Gasteiger partial charge on any atom is -0.494 e. The highest BCUT2D eigenvalue weighted by molar-refractivity contribution is 6.02. The highest BCUT2D eigenvalue weighted by Gasteiger charge is 2.27. The zero-order chi connectivity index (χ0) is 19.0. The van der Waals surface area contributed by atoms with Gasteiger partial charge in [-0.1, -0.05) is 6.07 Å². The molecule has 5 nitrogen and oxygen atoms in total. The van der Waals surface area contributed by atoms with Gasteiger partial charge < -0.3 is 15.0 Å². The van der Waals surface area contributed by atoms with Crippen LogP contribution in [0.4, 0.5) is 5.69 Å². The molecule has 0 atom stereocenters. The molecule has 1 heterocycles. The van der Waals surface area contributed by atoms with Crippen molar-refractivity contribution in [2.24, 2.45) is 0 Å². The normalized spacial score (nSPS) is 16.1. The lowest BCUT2D eigenvalue weighted by atomic mass is 9.97. The first-order chi connectivity index (χ1) is 13.0. The maximum absolute atomic E-state index is 12.7. The molecule has 1 saturated carbocycles. The van der Waals surface area contributed by atoms with Gasteiger partial charge in [0.1, 0.15) is 5.75 Å². The van der Waals surface area contributed by atoms with E-state index < -0.39 is 0 Å². The fourth-order valence-corrected chi connectivity index (χ4v) is 3.51. The topological polar surface area (TPSA) is 58.6 Å². The van der Waals surface area contributed by atoms with Gasteiger partial charge >= 0.3 is 0 Å². The fraction of sp³-hybridized carbons (Fsp3) is 0.364. The number of ketones is 1. The van der Waals surface area contributed by atoms with Gasteiger partial charge in [0.05, 0.1) is 13.2 Å². The maximum atomic E-state index is 12.7. The first-order valence-electron chi connectivity index (χ1n) is 9.50. The van der Waals surface area contributed by atoms with E-state index in [0.29, 0.717) is 31.3 Å². The summed E-state index contributed by atoms with van der Waals surface area (Å²) < 4.78 is 5.58. The first kappa shape index (κ1) is 17.6. The summed E-state index contributed by atoms with van der Waals surface area (Å²) in [5.41, 5.74) is 4.35. The highest BCUT2D eigenvalue weighted by Crippen LogP contribution is 2.30. The Bertz CT molecular complexity index is 902.